The van der Waals surface area contributed by atoms with Gasteiger partial charge in [-0.3, -0.25) is 4.79 Å². The van der Waals surface area contributed by atoms with Crippen molar-refractivity contribution in [1.29, 1.82) is 0 Å². The zero-order valence-corrected chi connectivity index (χ0v) is 9.66. The maximum Gasteiger partial charge on any atom is 0.175 e. The molecule has 4 heterocycles. The fourth-order valence-corrected chi connectivity index (χ4v) is 5.00. The molecular weight excluding hydrogens is 224 g/mol. The molecule has 0 radical (unpaired) electrons. The van der Waals surface area contributed by atoms with Gasteiger partial charge in [0.05, 0.1) is 0 Å². The molecule has 5 fully saturated rings. The van der Waals surface area contributed by atoms with Crippen LogP contribution in [0.2, 0.25) is 0 Å². The summed E-state index contributed by atoms with van der Waals surface area (Å²) in [6, 6.07) is 0. The van der Waals surface area contributed by atoms with E-state index in [2.05, 4.69) is 0 Å². The van der Waals surface area contributed by atoms with E-state index in [1.54, 1.807) is 6.92 Å². The lowest BCUT2D eigenvalue weighted by molar-refractivity contribution is -0.394. The molecule has 0 unspecified atom stereocenters. The molecule has 17 heavy (non-hydrogen) atoms. The number of carbonyl (C=O) groups excluding carboxylic acids is 1. The van der Waals surface area contributed by atoms with E-state index in [9.17, 15) is 4.79 Å². The molecule has 1 aliphatic carbocycles. The third-order valence-corrected chi connectivity index (χ3v) is 5.36. The second kappa shape index (κ2) is 2.45. The van der Waals surface area contributed by atoms with Crippen molar-refractivity contribution < 1.29 is 23.7 Å². The van der Waals surface area contributed by atoms with Crippen LogP contribution >= 0.6 is 0 Å². The molecule has 0 aromatic rings. The highest BCUT2D eigenvalue weighted by molar-refractivity contribution is 5.80. The van der Waals surface area contributed by atoms with Gasteiger partial charge in [0.25, 0.3) is 0 Å². The molecule has 9 atom stereocenters. The summed E-state index contributed by atoms with van der Waals surface area (Å²) in [6.07, 6.45) is -0.795. The number of ether oxygens (including phenoxy) is 4. The summed E-state index contributed by atoms with van der Waals surface area (Å²) in [7, 11) is 0. The summed E-state index contributed by atoms with van der Waals surface area (Å²) < 4.78 is 23.4. The van der Waals surface area contributed by atoms with Gasteiger partial charge in [-0.25, -0.2) is 0 Å². The van der Waals surface area contributed by atoms with E-state index >= 15 is 0 Å². The van der Waals surface area contributed by atoms with Crippen LogP contribution in [0.3, 0.4) is 0 Å². The van der Waals surface area contributed by atoms with Gasteiger partial charge in [0.2, 0.25) is 0 Å². The molecule has 5 heteroatoms. The molecule has 0 N–H and O–H groups in total. The maximum absolute atomic E-state index is 12.0. The molecule has 4 saturated heterocycles. The Morgan fingerprint density at radius 1 is 1.00 bits per heavy atom. The van der Waals surface area contributed by atoms with Crippen LogP contribution < -0.4 is 0 Å². The highest BCUT2D eigenvalue weighted by Gasteiger charge is 2.80. The predicted molar refractivity (Wildman–Crippen MR) is 52.2 cm³/mol. The van der Waals surface area contributed by atoms with E-state index in [-0.39, 0.29) is 54.2 Å². The number of hydrogen-bond acceptors (Lipinski definition) is 5. The Hall–Kier alpha value is -0.490. The van der Waals surface area contributed by atoms with Crippen LogP contribution in [-0.4, -0.2) is 30.4 Å². The van der Waals surface area contributed by atoms with Crippen LogP contribution in [0.5, 0.6) is 0 Å². The van der Waals surface area contributed by atoms with Crippen molar-refractivity contribution in [3.63, 3.8) is 0 Å². The van der Waals surface area contributed by atoms with Crippen molar-refractivity contribution in [2.24, 2.45) is 29.6 Å². The molecule has 92 valence electrons. The van der Waals surface area contributed by atoms with Crippen LogP contribution in [0.4, 0.5) is 0 Å². The first kappa shape index (κ1) is 9.44. The third kappa shape index (κ3) is 0.799. The van der Waals surface area contributed by atoms with Gasteiger partial charge in [-0.2, -0.15) is 0 Å². The quantitative estimate of drug-likeness (QED) is 0.665. The van der Waals surface area contributed by atoms with Crippen molar-refractivity contribution in [3.05, 3.63) is 0 Å². The molecule has 2 bridgehead atoms. The van der Waals surface area contributed by atoms with E-state index in [1.165, 1.54) is 0 Å². The molecule has 0 aromatic carbocycles. The van der Waals surface area contributed by atoms with Crippen LogP contribution in [0.1, 0.15) is 13.8 Å². The lowest BCUT2D eigenvalue weighted by Gasteiger charge is -2.43. The molecule has 5 rings (SSSR count). The van der Waals surface area contributed by atoms with Gasteiger partial charge >= 0.3 is 0 Å². The summed E-state index contributed by atoms with van der Waals surface area (Å²) in [4.78, 5) is 12.0. The van der Waals surface area contributed by atoms with Crippen LogP contribution in [0.15, 0.2) is 0 Å². The Morgan fingerprint density at radius 3 is 2.29 bits per heavy atom. The number of hydrogen-bond donors (Lipinski definition) is 0. The summed E-state index contributed by atoms with van der Waals surface area (Å²) >= 11 is 0. The predicted octanol–water partition coefficient (Wildman–Crippen LogP) is 0.485. The van der Waals surface area contributed by atoms with Gasteiger partial charge in [0.1, 0.15) is 5.78 Å². The smallest absolute Gasteiger partial charge is 0.175 e. The molecule has 1 saturated carbocycles. The van der Waals surface area contributed by atoms with Crippen LogP contribution in [-0.2, 0) is 23.7 Å². The Bertz CT molecular complexity index is 437. The Morgan fingerprint density at radius 2 is 1.65 bits per heavy atom. The maximum atomic E-state index is 12.0. The Kier molecular flexibility index (Phi) is 1.36. The SMILES string of the molecule is CC(=O)[C@@H]1[C@@H]2[C@H]3O[C@@H]4O[C@@H]5O[C@](C)(O3)[C@H]1[C@@H]5[C@H]42. The van der Waals surface area contributed by atoms with E-state index in [1.807, 2.05) is 6.92 Å². The van der Waals surface area contributed by atoms with Gasteiger partial charge in [-0.1, -0.05) is 0 Å². The highest BCUT2D eigenvalue weighted by Crippen LogP contribution is 2.70. The average molecular weight is 238 g/mol. The number of Topliss-reactive ketones (excluding diaryl/α,β-unsaturated/α-hetero) is 1. The van der Waals surface area contributed by atoms with Crippen molar-refractivity contribution in [2.45, 2.75) is 38.5 Å². The summed E-state index contributed by atoms with van der Waals surface area (Å²) in [5.41, 5.74) is 0. The molecule has 0 amide bonds. The number of ketones is 1. The molecule has 0 spiro atoms. The van der Waals surface area contributed by atoms with Crippen molar-refractivity contribution in [3.8, 4) is 0 Å². The van der Waals surface area contributed by atoms with Gasteiger partial charge in [0, 0.05) is 29.6 Å². The highest BCUT2D eigenvalue weighted by atomic mass is 16.9. The number of rotatable bonds is 1. The third-order valence-electron chi connectivity index (χ3n) is 5.36. The fourth-order valence-electron chi connectivity index (χ4n) is 5.00. The van der Waals surface area contributed by atoms with Crippen molar-refractivity contribution in [1.82, 2.24) is 0 Å². The first-order chi connectivity index (χ1) is 8.10. The first-order valence-corrected chi connectivity index (χ1v) is 6.27. The second-order valence-corrected chi connectivity index (χ2v) is 6.02. The Labute approximate surface area is 98.3 Å². The lowest BCUT2D eigenvalue weighted by Crippen LogP contribution is -2.52. The molecule has 0 aromatic heterocycles. The standard InChI is InChI=1S/C12H14O5/c1-3(13)4-5-6-7-8(4)12(2)16-10(5)14-9(6)15-11(7)17-12/h4-11H,1-2H3/t4-,5+,6-,7+,8-,9-,10+,11-,12+/m1/s1. The zero-order valence-electron chi connectivity index (χ0n) is 9.66. The largest absolute Gasteiger partial charge is 0.323 e. The number of carbonyl (C=O) groups is 1. The topological polar surface area (TPSA) is 54.0 Å². The normalized spacial score (nSPS) is 69.3. The van der Waals surface area contributed by atoms with E-state index < -0.39 is 5.79 Å². The van der Waals surface area contributed by atoms with Gasteiger partial charge < -0.3 is 18.9 Å². The van der Waals surface area contributed by atoms with Gasteiger partial charge in [0.15, 0.2) is 24.7 Å². The summed E-state index contributed by atoms with van der Waals surface area (Å²) in [5.74, 6) is 0.437. The van der Waals surface area contributed by atoms with Crippen molar-refractivity contribution in [2.75, 3.05) is 0 Å². The van der Waals surface area contributed by atoms with Crippen LogP contribution in [0, 0.1) is 29.6 Å². The van der Waals surface area contributed by atoms with E-state index in [4.69, 9.17) is 18.9 Å². The Balaban J connectivity index is 1.75. The minimum absolute atomic E-state index is 0.0210. The molecule has 4 aliphatic heterocycles. The lowest BCUT2D eigenvalue weighted by atomic mass is 9.78. The zero-order chi connectivity index (χ0) is 11.5. The second-order valence-electron chi connectivity index (χ2n) is 6.02. The van der Waals surface area contributed by atoms with E-state index in [0.29, 0.717) is 0 Å². The van der Waals surface area contributed by atoms with Crippen molar-refractivity contribution >= 4 is 5.78 Å². The first-order valence-electron chi connectivity index (χ1n) is 6.27. The molecule has 5 aliphatic rings. The van der Waals surface area contributed by atoms with E-state index in [0.717, 1.165) is 0 Å². The molecular formula is C12H14O5. The summed E-state index contributed by atoms with van der Waals surface area (Å²) in [5, 5.41) is 0. The molecule has 5 nitrogen and oxygen atoms in total. The van der Waals surface area contributed by atoms with Crippen LogP contribution in [0.25, 0.3) is 0 Å². The summed E-state index contributed by atoms with van der Waals surface area (Å²) in [6.45, 7) is 3.60. The minimum Gasteiger partial charge on any atom is -0.323 e. The fraction of sp³-hybridized carbons (Fsp3) is 0.917. The van der Waals surface area contributed by atoms with Gasteiger partial charge in [-0.15, -0.1) is 0 Å². The minimum atomic E-state index is -0.701. The monoisotopic (exact) mass is 238 g/mol. The van der Waals surface area contributed by atoms with Gasteiger partial charge in [-0.05, 0) is 13.8 Å². The average Bonchev–Trinajstić information content (AvgIpc) is 2.82.